The maximum Gasteiger partial charge on any atom is 0.251 e. The molecule has 1 N–H and O–H groups in total. The molecular formula is C23H34N2O5. The van der Waals surface area contributed by atoms with Gasteiger partial charge in [0.2, 0.25) is 5.91 Å². The molecule has 0 unspecified atom stereocenters. The molecule has 7 nitrogen and oxygen atoms in total. The molecule has 1 aromatic carbocycles. The number of rotatable bonds is 7. The van der Waals surface area contributed by atoms with Gasteiger partial charge in [0.25, 0.3) is 5.91 Å². The van der Waals surface area contributed by atoms with Crippen LogP contribution in [0, 0.1) is 0 Å². The van der Waals surface area contributed by atoms with E-state index in [1.54, 1.807) is 19.2 Å². The van der Waals surface area contributed by atoms with E-state index >= 15 is 0 Å². The molecule has 0 radical (unpaired) electrons. The van der Waals surface area contributed by atoms with E-state index in [0.29, 0.717) is 38.3 Å². The zero-order valence-electron chi connectivity index (χ0n) is 18.3. The van der Waals surface area contributed by atoms with Crippen molar-refractivity contribution in [1.82, 2.24) is 10.2 Å². The van der Waals surface area contributed by atoms with Gasteiger partial charge in [0.05, 0.1) is 18.6 Å². The van der Waals surface area contributed by atoms with Gasteiger partial charge in [-0.3, -0.25) is 9.59 Å². The summed E-state index contributed by atoms with van der Waals surface area (Å²) in [6.07, 6.45) is 3.77. The minimum absolute atomic E-state index is 0.0628. The summed E-state index contributed by atoms with van der Waals surface area (Å²) in [6.45, 7) is 6.64. The van der Waals surface area contributed by atoms with Gasteiger partial charge in [-0.15, -0.1) is 0 Å². The standard InChI is InChI=1S/C23H34N2O5/c1-23(2)16-18(10-15-29-23)24-22(27)17-4-6-19(7-5-17)30-20-8-12-25(13-9-20)21(26)11-14-28-3/h4-7,18,20H,8-16H2,1-3H3,(H,24,27)/t18-/m1/s1. The number of hydrogen-bond acceptors (Lipinski definition) is 5. The largest absolute Gasteiger partial charge is 0.490 e. The molecule has 0 saturated carbocycles. The highest BCUT2D eigenvalue weighted by atomic mass is 16.5. The third-order valence-corrected chi connectivity index (χ3v) is 5.77. The van der Waals surface area contributed by atoms with Crippen LogP contribution in [-0.2, 0) is 14.3 Å². The van der Waals surface area contributed by atoms with Gasteiger partial charge in [0, 0.05) is 51.3 Å². The van der Waals surface area contributed by atoms with Crippen LogP contribution in [0.5, 0.6) is 5.75 Å². The number of benzene rings is 1. The Morgan fingerprint density at radius 1 is 1.17 bits per heavy atom. The topological polar surface area (TPSA) is 77.1 Å². The molecule has 2 aliphatic heterocycles. The van der Waals surface area contributed by atoms with Crippen molar-refractivity contribution in [2.75, 3.05) is 33.4 Å². The van der Waals surface area contributed by atoms with E-state index in [1.807, 2.05) is 17.0 Å². The highest BCUT2D eigenvalue weighted by Crippen LogP contribution is 2.24. The molecular weight excluding hydrogens is 384 g/mol. The van der Waals surface area contributed by atoms with E-state index in [4.69, 9.17) is 14.2 Å². The minimum atomic E-state index is -0.197. The molecule has 30 heavy (non-hydrogen) atoms. The van der Waals surface area contributed by atoms with Gasteiger partial charge in [0.15, 0.2) is 0 Å². The number of amides is 2. The molecule has 166 valence electrons. The van der Waals surface area contributed by atoms with Gasteiger partial charge in [-0.1, -0.05) is 0 Å². The van der Waals surface area contributed by atoms with Crippen LogP contribution in [0.3, 0.4) is 0 Å². The molecule has 7 heteroatoms. The molecule has 1 atom stereocenters. The van der Waals surface area contributed by atoms with Crippen molar-refractivity contribution in [3.63, 3.8) is 0 Å². The lowest BCUT2D eigenvalue weighted by molar-refractivity contribution is -0.133. The number of carbonyl (C=O) groups is 2. The highest BCUT2D eigenvalue weighted by molar-refractivity contribution is 5.94. The fraction of sp³-hybridized carbons (Fsp3) is 0.652. The van der Waals surface area contributed by atoms with Gasteiger partial charge in [-0.25, -0.2) is 0 Å². The molecule has 0 bridgehead atoms. The first kappa shape index (κ1) is 22.6. The van der Waals surface area contributed by atoms with E-state index in [-0.39, 0.29) is 29.6 Å². The fourth-order valence-corrected chi connectivity index (χ4v) is 4.07. The SMILES string of the molecule is COCCC(=O)N1CCC(Oc2ccc(C(=O)N[C@@H]3CCOC(C)(C)C3)cc2)CC1. The van der Waals surface area contributed by atoms with Gasteiger partial charge >= 0.3 is 0 Å². The summed E-state index contributed by atoms with van der Waals surface area (Å²) in [5.41, 5.74) is 0.433. The Bertz CT molecular complexity index is 711. The number of carbonyl (C=O) groups excluding carboxylic acids is 2. The summed E-state index contributed by atoms with van der Waals surface area (Å²) in [7, 11) is 1.61. The van der Waals surface area contributed by atoms with Gasteiger partial charge in [-0.05, 0) is 51.0 Å². The van der Waals surface area contributed by atoms with Crippen LogP contribution in [0.15, 0.2) is 24.3 Å². The predicted molar refractivity (Wildman–Crippen MR) is 114 cm³/mol. The molecule has 2 heterocycles. The maximum absolute atomic E-state index is 12.6. The first-order chi connectivity index (χ1) is 14.4. The Morgan fingerprint density at radius 3 is 2.50 bits per heavy atom. The Hall–Kier alpha value is -2.12. The Balaban J connectivity index is 1.45. The molecule has 3 rings (SSSR count). The number of piperidine rings is 1. The first-order valence-electron chi connectivity index (χ1n) is 10.8. The monoisotopic (exact) mass is 418 g/mol. The molecule has 0 aliphatic carbocycles. The molecule has 2 aliphatic rings. The summed E-state index contributed by atoms with van der Waals surface area (Å²) in [4.78, 5) is 26.5. The zero-order chi connectivity index (χ0) is 21.6. The van der Waals surface area contributed by atoms with Crippen molar-refractivity contribution in [2.45, 2.75) is 63.7 Å². The highest BCUT2D eigenvalue weighted by Gasteiger charge is 2.30. The first-order valence-corrected chi connectivity index (χ1v) is 10.8. The summed E-state index contributed by atoms with van der Waals surface area (Å²) >= 11 is 0. The quantitative estimate of drug-likeness (QED) is 0.737. The van der Waals surface area contributed by atoms with Crippen molar-refractivity contribution in [3.8, 4) is 5.75 Å². The average Bonchev–Trinajstić information content (AvgIpc) is 2.72. The van der Waals surface area contributed by atoms with Crippen LogP contribution in [0.4, 0.5) is 0 Å². The summed E-state index contributed by atoms with van der Waals surface area (Å²) < 4.78 is 16.8. The second kappa shape index (κ2) is 10.3. The van der Waals surface area contributed by atoms with Gasteiger partial charge < -0.3 is 24.4 Å². The van der Waals surface area contributed by atoms with Crippen LogP contribution in [-0.4, -0.2) is 67.9 Å². The number of nitrogens with zero attached hydrogens (tertiary/aromatic N) is 1. The van der Waals surface area contributed by atoms with Crippen molar-refractivity contribution in [1.29, 1.82) is 0 Å². The molecule has 2 fully saturated rings. The molecule has 2 saturated heterocycles. The number of methoxy groups -OCH3 is 1. The van der Waals surface area contributed by atoms with Crippen molar-refractivity contribution < 1.29 is 23.8 Å². The number of hydrogen-bond donors (Lipinski definition) is 1. The number of nitrogens with one attached hydrogen (secondary N) is 1. The second-order valence-corrected chi connectivity index (χ2v) is 8.74. The van der Waals surface area contributed by atoms with Crippen molar-refractivity contribution >= 4 is 11.8 Å². The summed E-state index contributed by atoms with van der Waals surface area (Å²) in [5, 5.41) is 3.12. The second-order valence-electron chi connectivity index (χ2n) is 8.74. The Labute approximate surface area is 179 Å². The molecule has 1 aromatic rings. The summed E-state index contributed by atoms with van der Waals surface area (Å²) in [6, 6.07) is 7.43. The smallest absolute Gasteiger partial charge is 0.251 e. The minimum Gasteiger partial charge on any atom is -0.490 e. The number of ether oxygens (including phenoxy) is 3. The predicted octanol–water partition coefficient (Wildman–Crippen LogP) is 2.78. The van der Waals surface area contributed by atoms with Crippen LogP contribution in [0.2, 0.25) is 0 Å². The van der Waals surface area contributed by atoms with E-state index < -0.39 is 0 Å². The molecule has 2 amide bonds. The lowest BCUT2D eigenvalue weighted by Crippen LogP contribution is -2.45. The summed E-state index contributed by atoms with van der Waals surface area (Å²) in [5.74, 6) is 0.827. The zero-order valence-corrected chi connectivity index (χ0v) is 18.3. The molecule has 0 spiro atoms. The van der Waals surface area contributed by atoms with E-state index in [2.05, 4.69) is 19.2 Å². The van der Waals surface area contributed by atoms with E-state index in [0.717, 1.165) is 31.4 Å². The van der Waals surface area contributed by atoms with E-state index in [1.165, 1.54) is 0 Å². The third kappa shape index (κ3) is 6.44. The lowest BCUT2D eigenvalue weighted by Gasteiger charge is -2.35. The number of likely N-dealkylation sites (tertiary alicyclic amines) is 1. The Kier molecular flexibility index (Phi) is 7.72. The van der Waals surface area contributed by atoms with Crippen LogP contribution < -0.4 is 10.1 Å². The van der Waals surface area contributed by atoms with Crippen LogP contribution >= 0.6 is 0 Å². The molecule has 0 aromatic heterocycles. The average molecular weight is 419 g/mol. The van der Waals surface area contributed by atoms with Crippen LogP contribution in [0.1, 0.15) is 56.3 Å². The van der Waals surface area contributed by atoms with Crippen molar-refractivity contribution in [2.24, 2.45) is 0 Å². The fourth-order valence-electron chi connectivity index (χ4n) is 4.07. The van der Waals surface area contributed by atoms with Gasteiger partial charge in [-0.2, -0.15) is 0 Å². The Morgan fingerprint density at radius 2 is 1.87 bits per heavy atom. The van der Waals surface area contributed by atoms with Crippen molar-refractivity contribution in [3.05, 3.63) is 29.8 Å². The lowest BCUT2D eigenvalue weighted by atomic mass is 9.94. The van der Waals surface area contributed by atoms with Crippen LogP contribution in [0.25, 0.3) is 0 Å². The third-order valence-electron chi connectivity index (χ3n) is 5.77. The van der Waals surface area contributed by atoms with E-state index in [9.17, 15) is 9.59 Å². The maximum atomic E-state index is 12.6. The normalized spacial score (nSPS) is 21.8. The van der Waals surface area contributed by atoms with Gasteiger partial charge in [0.1, 0.15) is 11.9 Å².